The van der Waals surface area contributed by atoms with Gasteiger partial charge in [-0.05, 0) is 56.7 Å². The normalized spacial score (nSPS) is 10.9. The van der Waals surface area contributed by atoms with Gasteiger partial charge in [0.1, 0.15) is 12.4 Å². The van der Waals surface area contributed by atoms with E-state index in [9.17, 15) is 4.79 Å². The van der Waals surface area contributed by atoms with Crippen molar-refractivity contribution in [1.82, 2.24) is 4.98 Å². The molecule has 5 heteroatoms. The van der Waals surface area contributed by atoms with Crippen LogP contribution in [0.5, 0.6) is 11.6 Å². The average Bonchev–Trinajstić information content (AvgIpc) is 2.60. The Morgan fingerprint density at radius 1 is 1.20 bits per heavy atom. The van der Waals surface area contributed by atoms with Gasteiger partial charge in [-0.2, -0.15) is 0 Å². The largest absolute Gasteiger partial charge is 0.489 e. The number of pyridine rings is 1. The molecule has 1 aromatic carbocycles. The van der Waals surface area contributed by atoms with Crippen molar-refractivity contribution >= 4 is 12.0 Å². The molecule has 132 valence electrons. The van der Waals surface area contributed by atoms with Gasteiger partial charge >= 0.3 is 5.97 Å². The van der Waals surface area contributed by atoms with Crippen LogP contribution in [0.4, 0.5) is 0 Å². The fourth-order valence-corrected chi connectivity index (χ4v) is 2.05. The van der Waals surface area contributed by atoms with Gasteiger partial charge in [-0.3, -0.25) is 0 Å². The highest BCUT2D eigenvalue weighted by Gasteiger charge is 2.07. The van der Waals surface area contributed by atoms with E-state index in [-0.39, 0.29) is 12.1 Å². The van der Waals surface area contributed by atoms with E-state index in [1.807, 2.05) is 50.2 Å². The first-order valence-electron chi connectivity index (χ1n) is 8.26. The highest BCUT2D eigenvalue weighted by Crippen LogP contribution is 2.20. The number of nitrogens with zero attached hydrogens (tertiary/aromatic N) is 1. The molecule has 0 saturated carbocycles. The number of aromatic nitrogens is 1. The summed E-state index contributed by atoms with van der Waals surface area (Å²) in [6.07, 6.45) is 4.87. The van der Waals surface area contributed by atoms with Crippen molar-refractivity contribution in [2.45, 2.75) is 33.5 Å². The Labute approximate surface area is 148 Å². The van der Waals surface area contributed by atoms with E-state index in [0.717, 1.165) is 16.9 Å². The Balaban J connectivity index is 1.95. The predicted octanol–water partition coefficient (Wildman–Crippen LogP) is 4.02. The number of carbonyl (C=O) groups excluding carboxylic acids is 1. The molecule has 2 rings (SSSR count). The van der Waals surface area contributed by atoms with Crippen LogP contribution in [-0.2, 0) is 16.1 Å². The minimum absolute atomic E-state index is 0.0547. The smallest absolute Gasteiger partial charge is 0.330 e. The van der Waals surface area contributed by atoms with Crippen LogP contribution in [-0.4, -0.2) is 23.7 Å². The molecule has 0 aliphatic heterocycles. The number of hydrogen-bond acceptors (Lipinski definition) is 5. The molecule has 0 N–H and O–H groups in total. The first-order valence-corrected chi connectivity index (χ1v) is 8.26. The van der Waals surface area contributed by atoms with Gasteiger partial charge in [0.25, 0.3) is 0 Å². The Hall–Kier alpha value is -2.82. The van der Waals surface area contributed by atoms with Crippen LogP contribution in [0.2, 0.25) is 0 Å². The van der Waals surface area contributed by atoms with Gasteiger partial charge in [0.15, 0.2) is 0 Å². The maximum absolute atomic E-state index is 11.3. The van der Waals surface area contributed by atoms with Gasteiger partial charge < -0.3 is 14.2 Å². The quantitative estimate of drug-likeness (QED) is 0.536. The molecule has 0 atom stereocenters. The van der Waals surface area contributed by atoms with Crippen molar-refractivity contribution in [2.75, 3.05) is 6.61 Å². The molecule has 0 bridgehead atoms. The third-order valence-corrected chi connectivity index (χ3v) is 3.17. The molecule has 5 nitrogen and oxygen atoms in total. The number of carbonyl (C=O) groups is 1. The zero-order chi connectivity index (χ0) is 18.1. The predicted molar refractivity (Wildman–Crippen MR) is 96.4 cm³/mol. The molecule has 0 radical (unpaired) electrons. The fourth-order valence-electron chi connectivity index (χ4n) is 2.05. The lowest BCUT2D eigenvalue weighted by atomic mass is 10.2. The second kappa shape index (κ2) is 9.47. The molecule has 0 saturated heterocycles. The molecule has 25 heavy (non-hydrogen) atoms. The van der Waals surface area contributed by atoms with E-state index in [0.29, 0.717) is 19.1 Å². The Morgan fingerprint density at radius 2 is 1.96 bits per heavy atom. The minimum atomic E-state index is -0.350. The van der Waals surface area contributed by atoms with Crippen LogP contribution in [0.25, 0.3) is 6.08 Å². The fraction of sp³-hybridized carbons (Fsp3) is 0.300. The van der Waals surface area contributed by atoms with Crippen LogP contribution in [0.1, 0.15) is 31.9 Å². The van der Waals surface area contributed by atoms with Crippen LogP contribution < -0.4 is 9.47 Å². The first-order chi connectivity index (χ1) is 12.1. The van der Waals surface area contributed by atoms with Gasteiger partial charge in [-0.15, -0.1) is 0 Å². The molecule has 1 heterocycles. The summed E-state index contributed by atoms with van der Waals surface area (Å²) in [6, 6.07) is 11.2. The molecular formula is C20H23NO4. The van der Waals surface area contributed by atoms with Crippen molar-refractivity contribution < 1.29 is 19.0 Å². The average molecular weight is 341 g/mol. The lowest BCUT2D eigenvalue weighted by molar-refractivity contribution is -0.137. The summed E-state index contributed by atoms with van der Waals surface area (Å²) < 4.78 is 16.3. The van der Waals surface area contributed by atoms with Crippen molar-refractivity contribution in [3.63, 3.8) is 0 Å². The van der Waals surface area contributed by atoms with Gasteiger partial charge in [-0.1, -0.05) is 12.1 Å². The summed E-state index contributed by atoms with van der Waals surface area (Å²) in [5.74, 6) is 0.969. The van der Waals surface area contributed by atoms with E-state index >= 15 is 0 Å². The lowest BCUT2D eigenvalue weighted by Gasteiger charge is -2.13. The second-order valence-corrected chi connectivity index (χ2v) is 5.58. The summed E-state index contributed by atoms with van der Waals surface area (Å²) in [5, 5.41) is 0. The standard InChI is InChI=1S/C20H23NO4/c1-4-23-19(22)12-9-16-7-10-18(11-8-16)24-14-17-6-5-13-21-20(17)25-15(2)3/h5-13,15H,4,14H2,1-3H3. The van der Waals surface area contributed by atoms with Gasteiger partial charge in [0, 0.05) is 12.3 Å². The molecule has 2 aromatic rings. The SMILES string of the molecule is CCOC(=O)C=Cc1ccc(OCc2cccnc2OC(C)C)cc1. The second-order valence-electron chi connectivity index (χ2n) is 5.58. The molecule has 0 spiro atoms. The number of esters is 1. The maximum atomic E-state index is 11.3. The summed E-state index contributed by atoms with van der Waals surface area (Å²) in [4.78, 5) is 15.5. The van der Waals surface area contributed by atoms with Crippen molar-refractivity contribution in [1.29, 1.82) is 0 Å². The van der Waals surface area contributed by atoms with E-state index in [2.05, 4.69) is 4.98 Å². The van der Waals surface area contributed by atoms with Gasteiger partial charge in [0.2, 0.25) is 5.88 Å². The lowest BCUT2D eigenvalue weighted by Crippen LogP contribution is -2.10. The summed E-state index contributed by atoms with van der Waals surface area (Å²) in [7, 11) is 0. The Bertz CT molecular complexity index is 708. The van der Waals surface area contributed by atoms with E-state index < -0.39 is 0 Å². The summed E-state index contributed by atoms with van der Waals surface area (Å²) >= 11 is 0. The molecule has 0 unspecified atom stereocenters. The zero-order valence-electron chi connectivity index (χ0n) is 14.8. The molecule has 0 aliphatic carbocycles. The Kier molecular flexibility index (Phi) is 7.01. The summed E-state index contributed by atoms with van der Waals surface area (Å²) in [6.45, 7) is 6.43. The monoisotopic (exact) mass is 341 g/mol. The summed E-state index contributed by atoms with van der Waals surface area (Å²) in [5.41, 5.74) is 1.79. The maximum Gasteiger partial charge on any atom is 0.330 e. The third-order valence-electron chi connectivity index (χ3n) is 3.17. The van der Waals surface area contributed by atoms with E-state index in [1.54, 1.807) is 19.2 Å². The van der Waals surface area contributed by atoms with E-state index in [4.69, 9.17) is 14.2 Å². The zero-order valence-corrected chi connectivity index (χ0v) is 14.8. The van der Waals surface area contributed by atoms with Crippen LogP contribution in [0.15, 0.2) is 48.7 Å². The van der Waals surface area contributed by atoms with Crippen molar-refractivity contribution in [2.24, 2.45) is 0 Å². The van der Waals surface area contributed by atoms with E-state index in [1.165, 1.54) is 6.08 Å². The highest BCUT2D eigenvalue weighted by molar-refractivity contribution is 5.87. The van der Waals surface area contributed by atoms with Crippen LogP contribution in [0, 0.1) is 0 Å². The molecule has 0 aliphatic rings. The topological polar surface area (TPSA) is 57.7 Å². The molecule has 0 fully saturated rings. The molecule has 0 amide bonds. The molecule has 1 aromatic heterocycles. The number of benzene rings is 1. The minimum Gasteiger partial charge on any atom is -0.489 e. The Morgan fingerprint density at radius 3 is 2.64 bits per heavy atom. The highest BCUT2D eigenvalue weighted by atomic mass is 16.5. The number of hydrogen-bond donors (Lipinski definition) is 0. The third kappa shape index (κ3) is 6.30. The van der Waals surface area contributed by atoms with Crippen molar-refractivity contribution in [3.05, 3.63) is 59.8 Å². The van der Waals surface area contributed by atoms with Gasteiger partial charge in [-0.25, -0.2) is 9.78 Å². The van der Waals surface area contributed by atoms with Crippen LogP contribution >= 0.6 is 0 Å². The molecular weight excluding hydrogens is 318 g/mol. The number of rotatable bonds is 8. The van der Waals surface area contributed by atoms with Crippen molar-refractivity contribution in [3.8, 4) is 11.6 Å². The van der Waals surface area contributed by atoms with Gasteiger partial charge in [0.05, 0.1) is 18.3 Å². The van der Waals surface area contributed by atoms with Crippen LogP contribution in [0.3, 0.4) is 0 Å². The number of ether oxygens (including phenoxy) is 3. The first kappa shape index (κ1) is 18.5.